The van der Waals surface area contributed by atoms with Crippen LogP contribution in [0.3, 0.4) is 0 Å². The summed E-state index contributed by atoms with van der Waals surface area (Å²) in [6.07, 6.45) is 0. The van der Waals surface area contributed by atoms with Gasteiger partial charge in [0.15, 0.2) is 11.2 Å². The van der Waals surface area contributed by atoms with Gasteiger partial charge in [0, 0.05) is 10.8 Å². The maximum atomic E-state index is 7.40. The summed E-state index contributed by atoms with van der Waals surface area (Å²) in [7, 11) is 0. The lowest BCUT2D eigenvalue weighted by atomic mass is 9.63. The van der Waals surface area contributed by atoms with Gasteiger partial charge in [0.05, 0.1) is 0 Å². The SMILES string of the molecule is CC(C)(c1ccccc1)C(OOC(c1ccccc1)(c1ccccc1)C(C)(C)c1ccccc1)(c1ccccc1)c1ccccc1. The molecule has 2 heteroatoms. The van der Waals surface area contributed by atoms with Crippen LogP contribution in [0.5, 0.6) is 0 Å². The molecule has 0 bridgehead atoms. The highest BCUT2D eigenvalue weighted by Gasteiger charge is 2.57. The minimum atomic E-state index is -1.06. The first-order valence-corrected chi connectivity index (χ1v) is 16.0. The summed E-state index contributed by atoms with van der Waals surface area (Å²) in [6, 6.07) is 63.2. The van der Waals surface area contributed by atoms with Crippen LogP contribution in [-0.4, -0.2) is 0 Å². The van der Waals surface area contributed by atoms with E-state index >= 15 is 0 Å². The molecule has 6 aromatic carbocycles. The molecule has 0 amide bonds. The quantitative estimate of drug-likeness (QED) is 0.108. The second kappa shape index (κ2) is 12.9. The van der Waals surface area contributed by atoms with E-state index in [4.69, 9.17) is 9.78 Å². The lowest BCUT2D eigenvalue weighted by molar-refractivity contribution is -0.426. The molecule has 0 saturated carbocycles. The Morgan fingerprint density at radius 1 is 0.261 bits per heavy atom. The van der Waals surface area contributed by atoms with Gasteiger partial charge in [-0.15, -0.1) is 0 Å². The lowest BCUT2D eigenvalue weighted by Gasteiger charge is -2.51. The number of hydrogen-bond donors (Lipinski definition) is 0. The molecule has 0 N–H and O–H groups in total. The van der Waals surface area contributed by atoms with Crippen molar-refractivity contribution in [2.45, 2.75) is 49.7 Å². The van der Waals surface area contributed by atoms with E-state index in [0.717, 1.165) is 33.4 Å². The zero-order valence-corrected chi connectivity index (χ0v) is 27.1. The Morgan fingerprint density at radius 2 is 0.435 bits per heavy atom. The first kappa shape index (κ1) is 31.2. The molecule has 0 unspecified atom stereocenters. The van der Waals surface area contributed by atoms with Crippen LogP contribution >= 0.6 is 0 Å². The zero-order valence-electron chi connectivity index (χ0n) is 27.1. The van der Waals surface area contributed by atoms with Gasteiger partial charge in [-0.1, -0.05) is 210 Å². The second-order valence-corrected chi connectivity index (χ2v) is 13.0. The molecule has 0 spiro atoms. The fraction of sp³-hybridized carbons (Fsp3) is 0.182. The van der Waals surface area contributed by atoms with Crippen molar-refractivity contribution in [2.75, 3.05) is 0 Å². The molecule has 0 aliphatic heterocycles. The lowest BCUT2D eigenvalue weighted by Crippen LogP contribution is -2.54. The monoisotopic (exact) mass is 602 g/mol. The minimum Gasteiger partial charge on any atom is -0.218 e. The normalized spacial score (nSPS) is 12.5. The summed E-state index contributed by atoms with van der Waals surface area (Å²) in [6.45, 7) is 9.00. The summed E-state index contributed by atoms with van der Waals surface area (Å²) in [5, 5.41) is 0. The van der Waals surface area contributed by atoms with Crippen LogP contribution in [0, 0.1) is 0 Å². The molecule has 6 rings (SSSR count). The summed E-state index contributed by atoms with van der Waals surface area (Å²) < 4.78 is 0. The van der Waals surface area contributed by atoms with E-state index in [1.165, 1.54) is 0 Å². The largest absolute Gasteiger partial charge is 0.218 e. The van der Waals surface area contributed by atoms with E-state index < -0.39 is 22.0 Å². The highest BCUT2D eigenvalue weighted by Crippen LogP contribution is 2.55. The first-order valence-electron chi connectivity index (χ1n) is 16.0. The first-order chi connectivity index (χ1) is 22.3. The Balaban J connectivity index is 1.67. The van der Waals surface area contributed by atoms with Gasteiger partial charge in [0.25, 0.3) is 0 Å². The van der Waals surface area contributed by atoms with Crippen molar-refractivity contribution < 1.29 is 9.78 Å². The summed E-state index contributed by atoms with van der Waals surface area (Å²) in [4.78, 5) is 14.8. The molecule has 0 fully saturated rings. The Kier molecular flexibility index (Phi) is 8.77. The van der Waals surface area contributed by atoms with Crippen LogP contribution in [0.1, 0.15) is 61.1 Å². The van der Waals surface area contributed by atoms with E-state index in [0.29, 0.717) is 0 Å². The van der Waals surface area contributed by atoms with Crippen molar-refractivity contribution in [3.05, 3.63) is 215 Å². The highest BCUT2D eigenvalue weighted by molar-refractivity contribution is 5.47. The second-order valence-electron chi connectivity index (χ2n) is 13.0. The van der Waals surface area contributed by atoms with E-state index in [9.17, 15) is 0 Å². The predicted molar refractivity (Wildman–Crippen MR) is 188 cm³/mol. The Hall–Kier alpha value is -4.76. The smallest absolute Gasteiger partial charge is 0.162 e. The third kappa shape index (κ3) is 5.28. The topological polar surface area (TPSA) is 18.5 Å². The average Bonchev–Trinajstić information content (AvgIpc) is 3.12. The fourth-order valence-corrected chi connectivity index (χ4v) is 7.11. The third-order valence-corrected chi connectivity index (χ3v) is 9.76. The molecule has 0 heterocycles. The van der Waals surface area contributed by atoms with Gasteiger partial charge < -0.3 is 0 Å². The zero-order chi connectivity index (χ0) is 32.1. The van der Waals surface area contributed by atoms with Crippen molar-refractivity contribution in [2.24, 2.45) is 0 Å². The highest BCUT2D eigenvalue weighted by atomic mass is 17.2. The fourth-order valence-electron chi connectivity index (χ4n) is 7.11. The number of hydrogen-bond acceptors (Lipinski definition) is 2. The molecular weight excluding hydrogens is 560 g/mol. The minimum absolute atomic E-state index is 0.590. The summed E-state index contributed by atoms with van der Waals surface area (Å²) >= 11 is 0. The molecular formula is C44H42O2. The van der Waals surface area contributed by atoms with Crippen LogP contribution in [0.2, 0.25) is 0 Å². The van der Waals surface area contributed by atoms with Crippen molar-refractivity contribution in [3.8, 4) is 0 Å². The van der Waals surface area contributed by atoms with E-state index in [1.54, 1.807) is 0 Å². The standard InChI is InChI=1S/C44H42O2/c1-41(2,35-23-11-5-12-24-35)43(37-27-15-7-16-28-37,38-29-17-8-18-30-38)45-46-44(39-31-19-9-20-32-39,40-33-21-10-22-34-40)42(3,4)36-25-13-6-14-26-36/h5-34H,1-4H3. The summed E-state index contributed by atoms with van der Waals surface area (Å²) in [5.74, 6) is 0. The Bertz CT molecular complexity index is 1580. The summed E-state index contributed by atoms with van der Waals surface area (Å²) in [5.41, 5.74) is 2.99. The molecule has 2 nitrogen and oxygen atoms in total. The van der Waals surface area contributed by atoms with Crippen molar-refractivity contribution in [3.63, 3.8) is 0 Å². The maximum absolute atomic E-state index is 7.40. The van der Waals surface area contributed by atoms with Gasteiger partial charge in [-0.25, -0.2) is 9.78 Å². The van der Waals surface area contributed by atoms with E-state index in [1.807, 2.05) is 24.3 Å². The van der Waals surface area contributed by atoms with Gasteiger partial charge in [-0.2, -0.15) is 0 Å². The molecule has 0 saturated heterocycles. The van der Waals surface area contributed by atoms with Crippen LogP contribution in [0.15, 0.2) is 182 Å². The van der Waals surface area contributed by atoms with E-state index in [-0.39, 0.29) is 0 Å². The van der Waals surface area contributed by atoms with Gasteiger partial charge in [0.2, 0.25) is 0 Å². The number of rotatable bonds is 11. The Labute approximate surface area is 274 Å². The molecule has 0 aliphatic rings. The molecule has 230 valence electrons. The predicted octanol–water partition coefficient (Wildman–Crippen LogP) is 10.8. The Morgan fingerprint density at radius 3 is 0.630 bits per heavy atom. The maximum Gasteiger partial charge on any atom is 0.162 e. The van der Waals surface area contributed by atoms with Crippen molar-refractivity contribution >= 4 is 0 Å². The van der Waals surface area contributed by atoms with Gasteiger partial charge >= 0.3 is 0 Å². The van der Waals surface area contributed by atoms with Crippen molar-refractivity contribution in [1.82, 2.24) is 0 Å². The van der Waals surface area contributed by atoms with Gasteiger partial charge in [0.1, 0.15) is 0 Å². The van der Waals surface area contributed by atoms with Crippen molar-refractivity contribution in [1.29, 1.82) is 0 Å². The third-order valence-electron chi connectivity index (χ3n) is 9.76. The van der Waals surface area contributed by atoms with Gasteiger partial charge in [-0.3, -0.25) is 0 Å². The molecule has 0 radical (unpaired) electrons. The average molecular weight is 603 g/mol. The molecule has 46 heavy (non-hydrogen) atoms. The molecule has 0 aromatic heterocycles. The van der Waals surface area contributed by atoms with Gasteiger partial charge in [-0.05, 0) is 33.4 Å². The van der Waals surface area contributed by atoms with E-state index in [2.05, 4.69) is 185 Å². The van der Waals surface area contributed by atoms with Crippen LogP contribution in [0.25, 0.3) is 0 Å². The van der Waals surface area contributed by atoms with Crippen LogP contribution in [-0.2, 0) is 31.8 Å². The molecule has 0 atom stereocenters. The number of benzene rings is 6. The molecule has 6 aromatic rings. The van der Waals surface area contributed by atoms with Crippen LogP contribution in [0.4, 0.5) is 0 Å². The van der Waals surface area contributed by atoms with Crippen LogP contribution < -0.4 is 0 Å². The molecule has 0 aliphatic carbocycles.